The zero-order valence-corrected chi connectivity index (χ0v) is 10.0. The Morgan fingerprint density at radius 1 is 1.24 bits per heavy atom. The number of hydrogen-bond acceptors (Lipinski definition) is 1. The summed E-state index contributed by atoms with van der Waals surface area (Å²) in [6.45, 7) is 2.04. The van der Waals surface area contributed by atoms with Gasteiger partial charge in [-0.25, -0.2) is 0 Å². The Balaban J connectivity index is 2.41. The maximum absolute atomic E-state index is 9.21. The molecule has 2 rings (SSSR count). The molecule has 0 aliphatic rings. The molecule has 0 saturated heterocycles. The second-order valence-electron chi connectivity index (χ2n) is 4.08. The van der Waals surface area contributed by atoms with Crippen LogP contribution >= 0.6 is 0 Å². The number of benzene rings is 1. The van der Waals surface area contributed by atoms with Crippen molar-refractivity contribution in [2.45, 2.75) is 6.92 Å². The van der Waals surface area contributed by atoms with Crippen molar-refractivity contribution in [3.8, 4) is 6.07 Å². The minimum atomic E-state index is 0.687. The van der Waals surface area contributed by atoms with Crippen LogP contribution in [-0.4, -0.2) is 4.57 Å². The number of aryl methyl sites for hydroxylation is 2. The van der Waals surface area contributed by atoms with E-state index in [0.29, 0.717) is 5.57 Å². The molecule has 17 heavy (non-hydrogen) atoms. The van der Waals surface area contributed by atoms with Crippen LogP contribution in [0.4, 0.5) is 0 Å². The van der Waals surface area contributed by atoms with Crippen LogP contribution in [0.1, 0.15) is 16.8 Å². The molecule has 0 fully saturated rings. The molecule has 0 spiro atoms. The lowest BCUT2D eigenvalue weighted by Gasteiger charge is -2.01. The standard InChI is InChI=1S/C15H14N2/c1-12-5-7-13(8-6-12)14(11-16)10-15-4-3-9-17(15)2/h3-10H,1-2H3/b14-10-. The Morgan fingerprint density at radius 2 is 1.94 bits per heavy atom. The topological polar surface area (TPSA) is 28.7 Å². The van der Waals surface area contributed by atoms with Crippen LogP contribution in [0.3, 0.4) is 0 Å². The second kappa shape index (κ2) is 4.71. The number of hydrogen-bond donors (Lipinski definition) is 0. The molecule has 0 saturated carbocycles. The highest BCUT2D eigenvalue weighted by atomic mass is 14.9. The number of aromatic nitrogens is 1. The van der Waals surface area contributed by atoms with Gasteiger partial charge >= 0.3 is 0 Å². The molecule has 0 aliphatic carbocycles. The Hall–Kier alpha value is -2.27. The predicted molar refractivity (Wildman–Crippen MR) is 70.1 cm³/mol. The SMILES string of the molecule is Cc1ccc(/C(C#N)=C\c2cccn2C)cc1. The van der Waals surface area contributed by atoms with Crippen molar-refractivity contribution in [1.82, 2.24) is 4.57 Å². The molecular weight excluding hydrogens is 208 g/mol. The van der Waals surface area contributed by atoms with Crippen LogP contribution in [-0.2, 0) is 7.05 Å². The first-order chi connectivity index (χ1) is 8.20. The fraction of sp³-hybridized carbons (Fsp3) is 0.133. The molecule has 0 aliphatic heterocycles. The zero-order valence-electron chi connectivity index (χ0n) is 10.0. The van der Waals surface area contributed by atoms with E-state index in [1.54, 1.807) is 0 Å². The summed E-state index contributed by atoms with van der Waals surface area (Å²) in [5, 5.41) is 9.21. The molecular formula is C15H14N2. The van der Waals surface area contributed by atoms with Gasteiger partial charge in [0.25, 0.3) is 0 Å². The third-order valence-corrected chi connectivity index (χ3v) is 2.76. The van der Waals surface area contributed by atoms with E-state index < -0.39 is 0 Å². The lowest BCUT2D eigenvalue weighted by Crippen LogP contribution is -1.89. The second-order valence-corrected chi connectivity index (χ2v) is 4.08. The Bertz CT molecular complexity index is 580. The summed E-state index contributed by atoms with van der Waals surface area (Å²) in [5.41, 5.74) is 3.87. The maximum atomic E-state index is 9.21. The van der Waals surface area contributed by atoms with Crippen molar-refractivity contribution in [1.29, 1.82) is 5.26 Å². The first kappa shape index (κ1) is 11.2. The summed E-state index contributed by atoms with van der Waals surface area (Å²) in [6.07, 6.45) is 3.88. The number of rotatable bonds is 2. The molecule has 2 nitrogen and oxygen atoms in total. The van der Waals surface area contributed by atoms with Gasteiger partial charge in [0.05, 0.1) is 11.6 Å². The van der Waals surface area contributed by atoms with Gasteiger partial charge in [0.2, 0.25) is 0 Å². The normalized spacial score (nSPS) is 11.2. The highest BCUT2D eigenvalue weighted by Crippen LogP contribution is 2.18. The van der Waals surface area contributed by atoms with Crippen molar-refractivity contribution < 1.29 is 0 Å². The van der Waals surface area contributed by atoms with Crippen LogP contribution < -0.4 is 0 Å². The minimum Gasteiger partial charge on any atom is -0.351 e. The van der Waals surface area contributed by atoms with Gasteiger partial charge in [-0.05, 0) is 30.7 Å². The van der Waals surface area contributed by atoms with E-state index in [0.717, 1.165) is 11.3 Å². The third kappa shape index (κ3) is 2.46. The van der Waals surface area contributed by atoms with Crippen LogP contribution in [0.5, 0.6) is 0 Å². The molecule has 2 aromatic rings. The number of allylic oxidation sites excluding steroid dienone is 1. The molecule has 0 N–H and O–H groups in total. The quantitative estimate of drug-likeness (QED) is 0.716. The highest BCUT2D eigenvalue weighted by molar-refractivity contribution is 5.89. The molecule has 84 valence electrons. The van der Waals surface area contributed by atoms with Gasteiger partial charge in [-0.2, -0.15) is 5.26 Å². The summed E-state index contributed by atoms with van der Waals surface area (Å²) in [4.78, 5) is 0. The molecule has 1 heterocycles. The van der Waals surface area contributed by atoms with Gasteiger partial charge in [0.1, 0.15) is 0 Å². The van der Waals surface area contributed by atoms with Crippen LogP contribution in [0.25, 0.3) is 11.6 Å². The highest BCUT2D eigenvalue weighted by Gasteiger charge is 2.01. The summed E-state index contributed by atoms with van der Waals surface area (Å²) in [7, 11) is 1.97. The molecule has 1 aromatic carbocycles. The van der Waals surface area contributed by atoms with E-state index >= 15 is 0 Å². The van der Waals surface area contributed by atoms with Gasteiger partial charge in [0, 0.05) is 18.9 Å². The molecule has 0 unspecified atom stereocenters. The van der Waals surface area contributed by atoms with Gasteiger partial charge in [-0.1, -0.05) is 29.8 Å². The summed E-state index contributed by atoms with van der Waals surface area (Å²) < 4.78 is 1.99. The fourth-order valence-electron chi connectivity index (χ4n) is 1.69. The monoisotopic (exact) mass is 222 g/mol. The lowest BCUT2D eigenvalue weighted by atomic mass is 10.0. The van der Waals surface area contributed by atoms with Crippen LogP contribution in [0, 0.1) is 18.3 Å². The molecule has 0 radical (unpaired) electrons. The molecule has 1 aromatic heterocycles. The maximum Gasteiger partial charge on any atom is 0.0998 e. The smallest absolute Gasteiger partial charge is 0.0998 e. The number of nitriles is 1. The lowest BCUT2D eigenvalue weighted by molar-refractivity contribution is 0.915. The minimum absolute atomic E-state index is 0.687. The predicted octanol–water partition coefficient (Wildman–Crippen LogP) is 3.40. The van der Waals surface area contributed by atoms with Crippen LogP contribution in [0.15, 0.2) is 42.6 Å². The fourth-order valence-corrected chi connectivity index (χ4v) is 1.69. The molecule has 2 heteroatoms. The van der Waals surface area contributed by atoms with E-state index in [-0.39, 0.29) is 0 Å². The first-order valence-corrected chi connectivity index (χ1v) is 5.51. The summed E-state index contributed by atoms with van der Waals surface area (Å²) in [5.74, 6) is 0. The van der Waals surface area contributed by atoms with E-state index in [9.17, 15) is 5.26 Å². The van der Waals surface area contributed by atoms with Crippen molar-refractivity contribution in [2.24, 2.45) is 7.05 Å². The van der Waals surface area contributed by atoms with Gasteiger partial charge in [-0.15, -0.1) is 0 Å². The molecule has 0 bridgehead atoms. The van der Waals surface area contributed by atoms with Crippen molar-refractivity contribution in [3.05, 3.63) is 59.4 Å². The largest absolute Gasteiger partial charge is 0.351 e. The number of nitrogens with zero attached hydrogens (tertiary/aromatic N) is 2. The average molecular weight is 222 g/mol. The average Bonchev–Trinajstić information content (AvgIpc) is 2.73. The van der Waals surface area contributed by atoms with E-state index in [2.05, 4.69) is 6.07 Å². The zero-order chi connectivity index (χ0) is 12.3. The van der Waals surface area contributed by atoms with E-state index in [4.69, 9.17) is 0 Å². The van der Waals surface area contributed by atoms with Gasteiger partial charge in [0.15, 0.2) is 0 Å². The third-order valence-electron chi connectivity index (χ3n) is 2.76. The Kier molecular flexibility index (Phi) is 3.11. The summed E-state index contributed by atoms with van der Waals surface area (Å²) in [6, 6.07) is 14.2. The Morgan fingerprint density at radius 3 is 2.47 bits per heavy atom. The Labute approximate surface area is 101 Å². The van der Waals surface area contributed by atoms with Gasteiger partial charge < -0.3 is 4.57 Å². The van der Waals surface area contributed by atoms with Gasteiger partial charge in [-0.3, -0.25) is 0 Å². The molecule has 0 amide bonds. The first-order valence-electron chi connectivity index (χ1n) is 5.51. The van der Waals surface area contributed by atoms with E-state index in [1.807, 2.05) is 67.2 Å². The summed E-state index contributed by atoms with van der Waals surface area (Å²) >= 11 is 0. The van der Waals surface area contributed by atoms with Crippen molar-refractivity contribution in [2.75, 3.05) is 0 Å². The van der Waals surface area contributed by atoms with E-state index in [1.165, 1.54) is 5.56 Å². The van der Waals surface area contributed by atoms with Crippen molar-refractivity contribution in [3.63, 3.8) is 0 Å². The molecule has 0 atom stereocenters. The van der Waals surface area contributed by atoms with Crippen LogP contribution in [0.2, 0.25) is 0 Å². The van der Waals surface area contributed by atoms with Crippen molar-refractivity contribution >= 4 is 11.6 Å².